The summed E-state index contributed by atoms with van der Waals surface area (Å²) in [5, 5.41) is 6.33. The van der Waals surface area contributed by atoms with Gasteiger partial charge < -0.3 is 10.6 Å². The van der Waals surface area contributed by atoms with Crippen LogP contribution in [0.25, 0.3) is 0 Å². The number of halogens is 1. The molecule has 1 unspecified atom stereocenters. The largest absolute Gasteiger partial charge is 0.354 e. The van der Waals surface area contributed by atoms with Crippen molar-refractivity contribution in [1.29, 1.82) is 0 Å². The molecule has 1 aromatic carbocycles. The number of benzene rings is 1. The van der Waals surface area contributed by atoms with Gasteiger partial charge in [-0.3, -0.25) is 4.99 Å². The van der Waals surface area contributed by atoms with E-state index in [1.807, 2.05) is 26.8 Å². The molecule has 0 aliphatic heterocycles. The zero-order valence-corrected chi connectivity index (χ0v) is 16.7. The van der Waals surface area contributed by atoms with Gasteiger partial charge in [0, 0.05) is 19.1 Å². The standard InChI is InChI=1S/C15H25N3O2S.HI/c1-5-13(18-15(16-4)17-12(2)3)11-21(19,20)14-9-7-6-8-10-14;/h6-10,12-13H,5,11H2,1-4H3,(H2,16,17,18);1H. The maximum Gasteiger partial charge on any atom is 0.191 e. The second-order valence-corrected chi connectivity index (χ2v) is 7.25. The number of guanidine groups is 1. The summed E-state index contributed by atoms with van der Waals surface area (Å²) < 4.78 is 24.8. The van der Waals surface area contributed by atoms with E-state index in [9.17, 15) is 8.42 Å². The number of aliphatic imine (C=N–C) groups is 1. The van der Waals surface area contributed by atoms with E-state index in [-0.39, 0.29) is 41.8 Å². The second kappa shape index (κ2) is 10.0. The summed E-state index contributed by atoms with van der Waals surface area (Å²) in [6.45, 7) is 5.98. The molecule has 1 atom stereocenters. The van der Waals surface area contributed by atoms with Gasteiger partial charge in [-0.05, 0) is 32.4 Å². The van der Waals surface area contributed by atoms with Gasteiger partial charge in [-0.15, -0.1) is 24.0 Å². The molecule has 1 aromatic rings. The van der Waals surface area contributed by atoms with Gasteiger partial charge in [0.25, 0.3) is 0 Å². The second-order valence-electron chi connectivity index (χ2n) is 5.22. The van der Waals surface area contributed by atoms with Crippen LogP contribution in [0.4, 0.5) is 0 Å². The lowest BCUT2D eigenvalue weighted by molar-refractivity contribution is 0.566. The van der Waals surface area contributed by atoms with Crippen molar-refractivity contribution in [2.75, 3.05) is 12.8 Å². The normalized spacial score (nSPS) is 13.4. The Morgan fingerprint density at radius 1 is 1.18 bits per heavy atom. The third-order valence-corrected chi connectivity index (χ3v) is 4.84. The summed E-state index contributed by atoms with van der Waals surface area (Å²) in [5.41, 5.74) is 0. The van der Waals surface area contributed by atoms with E-state index in [1.165, 1.54) is 0 Å². The van der Waals surface area contributed by atoms with Crippen molar-refractivity contribution < 1.29 is 8.42 Å². The van der Waals surface area contributed by atoms with E-state index >= 15 is 0 Å². The predicted molar refractivity (Wildman–Crippen MR) is 103 cm³/mol. The van der Waals surface area contributed by atoms with Crippen LogP contribution in [0.2, 0.25) is 0 Å². The third kappa shape index (κ3) is 6.95. The van der Waals surface area contributed by atoms with Crippen LogP contribution in [0.1, 0.15) is 27.2 Å². The van der Waals surface area contributed by atoms with Crippen molar-refractivity contribution in [1.82, 2.24) is 10.6 Å². The highest BCUT2D eigenvalue weighted by Crippen LogP contribution is 2.12. The lowest BCUT2D eigenvalue weighted by Crippen LogP contribution is -2.47. The van der Waals surface area contributed by atoms with Gasteiger partial charge in [-0.2, -0.15) is 0 Å². The first kappa shape index (κ1) is 21.2. The van der Waals surface area contributed by atoms with Crippen molar-refractivity contribution in [3.05, 3.63) is 30.3 Å². The van der Waals surface area contributed by atoms with Crippen molar-refractivity contribution in [2.24, 2.45) is 4.99 Å². The fraction of sp³-hybridized carbons (Fsp3) is 0.533. The number of sulfone groups is 1. The average molecular weight is 439 g/mol. The van der Waals surface area contributed by atoms with E-state index in [2.05, 4.69) is 15.6 Å². The maximum atomic E-state index is 12.4. The van der Waals surface area contributed by atoms with Crippen LogP contribution in [0.3, 0.4) is 0 Å². The molecule has 0 saturated heterocycles. The van der Waals surface area contributed by atoms with Gasteiger partial charge in [0.2, 0.25) is 0 Å². The first-order valence-electron chi connectivity index (χ1n) is 7.16. The van der Waals surface area contributed by atoms with E-state index in [4.69, 9.17) is 0 Å². The molecule has 0 heterocycles. The Hall–Kier alpha value is -0.830. The van der Waals surface area contributed by atoms with Crippen LogP contribution in [0.15, 0.2) is 40.2 Å². The summed E-state index contributed by atoms with van der Waals surface area (Å²) in [7, 11) is -1.62. The first-order chi connectivity index (χ1) is 9.89. The third-order valence-electron chi connectivity index (χ3n) is 3.01. The quantitative estimate of drug-likeness (QED) is 0.406. The number of hydrogen-bond acceptors (Lipinski definition) is 3. The molecular formula is C15H26IN3O2S. The first-order valence-corrected chi connectivity index (χ1v) is 8.82. The van der Waals surface area contributed by atoms with Crippen LogP contribution in [0.5, 0.6) is 0 Å². The molecular weight excluding hydrogens is 413 g/mol. The maximum absolute atomic E-state index is 12.4. The minimum atomic E-state index is -3.30. The molecule has 0 aliphatic rings. The smallest absolute Gasteiger partial charge is 0.191 e. The molecule has 0 spiro atoms. The highest BCUT2D eigenvalue weighted by molar-refractivity contribution is 14.0. The van der Waals surface area contributed by atoms with E-state index in [0.29, 0.717) is 17.3 Å². The minimum Gasteiger partial charge on any atom is -0.354 e. The Labute approximate surface area is 150 Å². The molecule has 22 heavy (non-hydrogen) atoms. The molecule has 7 heteroatoms. The molecule has 0 radical (unpaired) electrons. The number of nitrogens with one attached hydrogen (secondary N) is 2. The van der Waals surface area contributed by atoms with Crippen molar-refractivity contribution in [2.45, 2.75) is 44.2 Å². The summed E-state index contributed by atoms with van der Waals surface area (Å²) in [6, 6.07) is 8.59. The Morgan fingerprint density at radius 3 is 2.23 bits per heavy atom. The van der Waals surface area contributed by atoms with Crippen LogP contribution < -0.4 is 10.6 Å². The zero-order chi connectivity index (χ0) is 15.9. The van der Waals surface area contributed by atoms with Crippen LogP contribution in [0, 0.1) is 0 Å². The SMILES string of the molecule is CCC(CS(=O)(=O)c1ccccc1)NC(=NC)NC(C)C.I. The molecule has 5 nitrogen and oxygen atoms in total. The van der Waals surface area contributed by atoms with Gasteiger partial charge in [0.1, 0.15) is 0 Å². The Morgan fingerprint density at radius 2 is 1.77 bits per heavy atom. The number of nitrogens with zero attached hydrogens (tertiary/aromatic N) is 1. The summed E-state index contributed by atoms with van der Waals surface area (Å²) in [5.74, 6) is 0.673. The van der Waals surface area contributed by atoms with Crippen molar-refractivity contribution in [3.63, 3.8) is 0 Å². The van der Waals surface area contributed by atoms with Crippen LogP contribution in [-0.4, -0.2) is 39.3 Å². The topological polar surface area (TPSA) is 70.6 Å². The molecule has 0 aromatic heterocycles. The monoisotopic (exact) mass is 439 g/mol. The lowest BCUT2D eigenvalue weighted by atomic mass is 10.2. The van der Waals surface area contributed by atoms with Crippen LogP contribution in [-0.2, 0) is 9.84 Å². The summed E-state index contributed by atoms with van der Waals surface area (Å²) in [6.07, 6.45) is 0.699. The number of hydrogen-bond donors (Lipinski definition) is 2. The Balaban J connectivity index is 0.00000441. The van der Waals surface area contributed by atoms with Crippen molar-refractivity contribution >= 4 is 39.8 Å². The molecule has 0 saturated carbocycles. The highest BCUT2D eigenvalue weighted by Gasteiger charge is 2.20. The zero-order valence-electron chi connectivity index (χ0n) is 13.5. The van der Waals surface area contributed by atoms with Gasteiger partial charge in [-0.1, -0.05) is 25.1 Å². The van der Waals surface area contributed by atoms with E-state index in [0.717, 1.165) is 0 Å². The van der Waals surface area contributed by atoms with Crippen LogP contribution >= 0.6 is 24.0 Å². The molecule has 126 valence electrons. The minimum absolute atomic E-state index is 0. The molecule has 0 aliphatic carbocycles. The van der Waals surface area contributed by atoms with Gasteiger partial charge in [0.05, 0.1) is 10.6 Å². The fourth-order valence-electron chi connectivity index (χ4n) is 1.89. The molecule has 0 amide bonds. The van der Waals surface area contributed by atoms with E-state index < -0.39 is 9.84 Å². The summed E-state index contributed by atoms with van der Waals surface area (Å²) in [4.78, 5) is 4.48. The highest BCUT2D eigenvalue weighted by atomic mass is 127. The van der Waals surface area contributed by atoms with Gasteiger partial charge >= 0.3 is 0 Å². The molecule has 0 bridgehead atoms. The van der Waals surface area contributed by atoms with E-state index in [1.54, 1.807) is 31.3 Å². The van der Waals surface area contributed by atoms with Gasteiger partial charge in [0.15, 0.2) is 15.8 Å². The van der Waals surface area contributed by atoms with Crippen molar-refractivity contribution in [3.8, 4) is 0 Å². The molecule has 1 rings (SSSR count). The number of rotatable bonds is 6. The average Bonchev–Trinajstić information content (AvgIpc) is 2.45. The predicted octanol–water partition coefficient (Wildman–Crippen LogP) is 2.43. The lowest BCUT2D eigenvalue weighted by Gasteiger charge is -2.21. The Bertz CT molecular complexity index is 559. The fourth-order valence-corrected chi connectivity index (χ4v) is 3.50. The summed E-state index contributed by atoms with van der Waals surface area (Å²) >= 11 is 0. The molecule has 0 fully saturated rings. The van der Waals surface area contributed by atoms with Gasteiger partial charge in [-0.25, -0.2) is 8.42 Å². The Kier molecular flexibility index (Phi) is 9.66. The molecule has 2 N–H and O–H groups in total.